The van der Waals surface area contributed by atoms with Crippen LogP contribution in [-0.2, 0) is 52.5 Å². The molecule has 0 aliphatic carbocycles. The molecule has 4 aromatic carbocycles. The smallest absolute Gasteiger partial charge is 0.364 e. The van der Waals surface area contributed by atoms with Crippen LogP contribution in [0, 0.1) is 0 Å². The van der Waals surface area contributed by atoms with E-state index in [-0.39, 0.29) is 75.4 Å². The van der Waals surface area contributed by atoms with Crippen LogP contribution < -0.4 is 43.0 Å². The molecule has 2 fully saturated rings. The number of aliphatic carboxylic acids is 2. The van der Waals surface area contributed by atoms with Gasteiger partial charge in [-0.05, 0) is 96.7 Å². The molecule has 29 nitrogen and oxygen atoms in total. The van der Waals surface area contributed by atoms with Crippen LogP contribution in [0.15, 0.2) is 109 Å². The van der Waals surface area contributed by atoms with Crippen LogP contribution in [0.25, 0.3) is 22.3 Å². The first-order valence-electron chi connectivity index (χ1n) is 33.2. The van der Waals surface area contributed by atoms with Gasteiger partial charge in [-0.25, -0.2) is 9.59 Å². The fourth-order valence-corrected chi connectivity index (χ4v) is 12.8. The number of rotatable bonds is 42. The van der Waals surface area contributed by atoms with E-state index in [2.05, 4.69) is 37.2 Å². The first-order chi connectivity index (χ1) is 47.9. The van der Waals surface area contributed by atoms with Crippen LogP contribution in [-0.4, -0.2) is 242 Å². The van der Waals surface area contributed by atoms with E-state index in [0.29, 0.717) is 48.8 Å². The Morgan fingerprint density at radius 2 is 0.950 bits per heavy atom. The standard InChI is InChI=1S/C69H94N8O21S2/c1-42(78)75-57-51(80)38-68(66(91)92,97-61(57)59(86)53(82)40-73-63(88)48-23-19-46(20-24-48)44-14-6-3-7-15-44)95-32-12-34-99-36-30-71-55(84)28-27-50(77-56(85)18-10-5-11-29-70)65(90)72-31-37-100-35-13-33-96-69(67(93)94)39-52(81)58(76-43(2)79)62(98-69)60(87)54(83)41-74-64(89)49-25-21-47(22-26-49)45-16-8-4-9-17-45/h3-4,6-9,14-17,19-26,50-54,57-62,80-83,86-87H,5,10-13,18,27-41,70H2,1-2H3,(H,71,84)(H,72,90)(H,73,88)(H,74,89)(H,75,78)(H,76,79)(H,77,85)(H,91,92)(H,93,94)/t50?,51-,52-,53+,54+,57+,58+,59?,60?,61+,62+,68+,69+/m0/s1. The monoisotopic (exact) mass is 1430 g/mol. The van der Waals surface area contributed by atoms with Gasteiger partial charge in [0.1, 0.15) is 30.5 Å². The SMILES string of the molecule is CC(=O)N[C@@H]1[C@@H](O)C[C@](OCCCSCCNC(=O)CCC(NC(=O)CCCCCN)C(=O)NCCSCCCO[C@]2(C(=O)O)C[C@H](O)[C@@H](NC(C)=O)[C@H](C(O)[C@H](O)CNC(=O)c3ccc(-c4ccccc4)cc3)O2)(C(=O)O)O[C@H]1C(O)[C@H](O)CNC(=O)c1ccc(-c2ccccc2)cc1. The molecule has 100 heavy (non-hydrogen) atoms. The minimum atomic E-state index is -2.53. The number of nitrogens with one attached hydrogen (secondary N) is 7. The van der Waals surface area contributed by atoms with Gasteiger partial charge in [-0.3, -0.25) is 33.6 Å². The molecule has 2 saturated heterocycles. The van der Waals surface area contributed by atoms with Crippen molar-refractivity contribution in [1.82, 2.24) is 37.2 Å². The average Bonchev–Trinajstić information content (AvgIpc) is 0.778. The highest BCUT2D eigenvalue weighted by atomic mass is 32.2. The van der Waals surface area contributed by atoms with Crippen LogP contribution in [0.3, 0.4) is 0 Å². The van der Waals surface area contributed by atoms with E-state index in [1.54, 1.807) is 48.5 Å². The number of aliphatic hydroxyl groups is 6. The van der Waals surface area contributed by atoms with Crippen LogP contribution in [0.5, 0.6) is 0 Å². The summed E-state index contributed by atoms with van der Waals surface area (Å²) in [4.78, 5) is 116. The van der Waals surface area contributed by atoms with Crippen molar-refractivity contribution >= 4 is 76.8 Å². The van der Waals surface area contributed by atoms with Crippen LogP contribution in [0.4, 0.5) is 0 Å². The molecular weight excluding hydrogens is 1340 g/mol. The molecule has 2 heterocycles. The predicted molar refractivity (Wildman–Crippen MR) is 370 cm³/mol. The number of thioether (sulfide) groups is 2. The van der Waals surface area contributed by atoms with Gasteiger partial charge < -0.3 is 103 Å². The number of hydrogen-bond acceptors (Lipinski definition) is 22. The number of carboxylic acid groups (broad SMARTS) is 2. The van der Waals surface area contributed by atoms with Gasteiger partial charge in [0.15, 0.2) is 0 Å². The molecule has 13 atom stereocenters. The molecule has 7 amide bonds. The van der Waals surface area contributed by atoms with E-state index in [0.717, 1.165) is 36.1 Å². The molecule has 0 spiro atoms. The molecule has 0 bridgehead atoms. The van der Waals surface area contributed by atoms with Gasteiger partial charge in [0.05, 0.1) is 49.7 Å². The second-order valence-corrected chi connectivity index (χ2v) is 26.7. The maximum absolute atomic E-state index is 13.5. The highest BCUT2D eigenvalue weighted by Crippen LogP contribution is 2.36. The Morgan fingerprint density at radius 3 is 1.36 bits per heavy atom. The number of carbonyl (C=O) groups excluding carboxylic acids is 7. The first-order valence-corrected chi connectivity index (χ1v) is 35.5. The van der Waals surface area contributed by atoms with Gasteiger partial charge in [-0.2, -0.15) is 23.5 Å². The van der Waals surface area contributed by atoms with Crippen molar-refractivity contribution < 1.29 is 103 Å². The third-order valence-electron chi connectivity index (χ3n) is 16.5. The van der Waals surface area contributed by atoms with Crippen molar-refractivity contribution in [2.24, 2.45) is 5.73 Å². The van der Waals surface area contributed by atoms with E-state index >= 15 is 0 Å². The number of nitrogens with two attached hydrogens (primary N) is 1. The quantitative estimate of drug-likeness (QED) is 0.0273. The molecule has 2 aliphatic rings. The summed E-state index contributed by atoms with van der Waals surface area (Å²) in [6.07, 6.45) is -13.1. The number of benzene rings is 4. The minimum Gasteiger partial charge on any atom is -0.477 e. The van der Waals surface area contributed by atoms with Gasteiger partial charge >= 0.3 is 11.9 Å². The van der Waals surface area contributed by atoms with Crippen LogP contribution in [0.1, 0.15) is 98.8 Å². The Bertz CT molecular complexity index is 3280. The number of carbonyl (C=O) groups is 9. The topological polar surface area (TPSA) is 463 Å². The number of aliphatic hydroxyl groups excluding tert-OH is 6. The summed E-state index contributed by atoms with van der Waals surface area (Å²) in [5.74, 6) is -10.6. The van der Waals surface area contributed by atoms with E-state index in [1.165, 1.54) is 23.5 Å². The van der Waals surface area contributed by atoms with E-state index in [1.807, 2.05) is 60.7 Å². The summed E-state index contributed by atoms with van der Waals surface area (Å²) < 4.78 is 23.2. The molecule has 6 rings (SSSR count). The lowest BCUT2D eigenvalue weighted by atomic mass is 9.88. The fourth-order valence-electron chi connectivity index (χ4n) is 11.2. The average molecular weight is 1440 g/mol. The predicted octanol–water partition coefficient (Wildman–Crippen LogP) is 0.791. The molecular formula is C69H94N8O21S2. The lowest BCUT2D eigenvalue weighted by Crippen LogP contribution is -2.68. The van der Waals surface area contributed by atoms with E-state index < -0.39 is 152 Å². The largest absolute Gasteiger partial charge is 0.477 e. The molecule has 0 aromatic heterocycles. The van der Waals surface area contributed by atoms with Gasteiger partial charge in [0, 0.05) is 88.3 Å². The Morgan fingerprint density at radius 1 is 0.530 bits per heavy atom. The molecule has 2 aliphatic heterocycles. The Kier molecular flexibility index (Phi) is 33.6. The molecule has 0 saturated carbocycles. The van der Waals surface area contributed by atoms with Gasteiger partial charge in [-0.1, -0.05) is 91.3 Å². The van der Waals surface area contributed by atoms with Gasteiger partial charge in [-0.15, -0.1) is 0 Å². The highest BCUT2D eigenvalue weighted by Gasteiger charge is 2.57. The lowest BCUT2D eigenvalue weighted by Gasteiger charge is -2.46. The van der Waals surface area contributed by atoms with Crippen molar-refractivity contribution in [3.63, 3.8) is 0 Å². The molecule has 31 heteroatoms. The molecule has 4 aromatic rings. The molecule has 17 N–H and O–H groups in total. The zero-order valence-electron chi connectivity index (χ0n) is 55.9. The maximum atomic E-state index is 13.5. The number of unbranched alkanes of at least 4 members (excludes halogenated alkanes) is 2. The summed E-state index contributed by atoms with van der Waals surface area (Å²) in [6.45, 7) is 1.57. The van der Waals surface area contributed by atoms with Crippen molar-refractivity contribution in [1.29, 1.82) is 0 Å². The van der Waals surface area contributed by atoms with E-state index in [9.17, 15) is 84.0 Å². The highest BCUT2D eigenvalue weighted by molar-refractivity contribution is 7.99. The third kappa shape index (κ3) is 25.2. The summed E-state index contributed by atoms with van der Waals surface area (Å²) in [5, 5.41) is 106. The first kappa shape index (κ1) is 81.3. The maximum Gasteiger partial charge on any atom is 0.364 e. The zero-order valence-corrected chi connectivity index (χ0v) is 57.5. The second-order valence-electron chi connectivity index (χ2n) is 24.2. The number of carboxylic acids is 2. The molecule has 548 valence electrons. The van der Waals surface area contributed by atoms with Gasteiger partial charge in [0.25, 0.3) is 23.4 Å². The minimum absolute atomic E-state index is 0.0427. The Hall–Kier alpha value is -7.63. The number of hydrogen-bond donors (Lipinski definition) is 16. The van der Waals surface area contributed by atoms with Crippen molar-refractivity contribution in [3.8, 4) is 22.3 Å². The van der Waals surface area contributed by atoms with Crippen LogP contribution >= 0.6 is 23.5 Å². The summed E-state index contributed by atoms with van der Waals surface area (Å²) in [6, 6.07) is 28.4. The zero-order chi connectivity index (χ0) is 72.8. The lowest BCUT2D eigenvalue weighted by molar-refractivity contribution is -0.310. The van der Waals surface area contributed by atoms with Crippen molar-refractivity contribution in [2.75, 3.05) is 68.9 Å². The third-order valence-corrected chi connectivity index (χ3v) is 18.7. The van der Waals surface area contributed by atoms with Crippen molar-refractivity contribution in [2.45, 2.75) is 157 Å². The molecule has 0 radical (unpaired) electrons. The number of ether oxygens (including phenoxy) is 4. The summed E-state index contributed by atoms with van der Waals surface area (Å²) in [7, 11) is 0. The summed E-state index contributed by atoms with van der Waals surface area (Å²) >= 11 is 2.76. The Labute approximate surface area is 588 Å². The van der Waals surface area contributed by atoms with Gasteiger partial charge in [0.2, 0.25) is 29.5 Å². The molecule has 3 unspecified atom stereocenters. The summed E-state index contributed by atoms with van der Waals surface area (Å²) in [5.41, 5.74) is 9.71. The fraction of sp³-hybridized carbons (Fsp3) is 0.522. The number of amides is 7. The van der Waals surface area contributed by atoms with Crippen LogP contribution in [0.2, 0.25) is 0 Å². The second kappa shape index (κ2) is 41.3. The van der Waals surface area contributed by atoms with Crippen molar-refractivity contribution in [3.05, 3.63) is 120 Å². The normalized spacial score (nSPS) is 21.9. The van der Waals surface area contributed by atoms with E-state index in [4.69, 9.17) is 24.7 Å². The Balaban J connectivity index is 0.907.